The van der Waals surface area contributed by atoms with Gasteiger partial charge in [-0.2, -0.15) is 0 Å². The summed E-state index contributed by atoms with van der Waals surface area (Å²) in [5.41, 5.74) is 1.82. The van der Waals surface area contributed by atoms with Gasteiger partial charge in [0.15, 0.2) is 11.5 Å². The zero-order valence-electron chi connectivity index (χ0n) is 15.8. The van der Waals surface area contributed by atoms with E-state index in [0.717, 1.165) is 5.56 Å². The zero-order valence-corrected chi connectivity index (χ0v) is 15.8. The van der Waals surface area contributed by atoms with Crippen LogP contribution in [-0.2, 0) is 16.1 Å². The van der Waals surface area contributed by atoms with Crippen molar-refractivity contribution in [2.45, 2.75) is 25.2 Å². The molecule has 2 aromatic rings. The highest BCUT2D eigenvalue weighted by Gasteiger charge is 2.43. The van der Waals surface area contributed by atoms with Crippen LogP contribution in [-0.4, -0.2) is 49.6 Å². The average molecular weight is 382 g/mol. The van der Waals surface area contributed by atoms with Gasteiger partial charge in [-0.25, -0.2) is 0 Å². The maximum Gasteiger partial charge on any atom is 0.256 e. The predicted molar refractivity (Wildman–Crippen MR) is 103 cm³/mol. The van der Waals surface area contributed by atoms with E-state index in [9.17, 15) is 9.59 Å². The Morgan fingerprint density at radius 1 is 1.11 bits per heavy atom. The summed E-state index contributed by atoms with van der Waals surface area (Å²) in [6, 6.07) is 12.5. The Morgan fingerprint density at radius 2 is 1.89 bits per heavy atom. The summed E-state index contributed by atoms with van der Waals surface area (Å²) in [6.45, 7) is 0.740. The average Bonchev–Trinajstić information content (AvgIpc) is 3.14. The molecule has 28 heavy (non-hydrogen) atoms. The predicted octanol–water partition coefficient (Wildman–Crippen LogP) is 2.46. The molecule has 0 aliphatic carbocycles. The molecule has 1 N–H and O–H groups in total. The largest absolute Gasteiger partial charge is 0.493 e. The summed E-state index contributed by atoms with van der Waals surface area (Å²) in [5.74, 6) is 0.477. The second kappa shape index (κ2) is 7.52. The van der Waals surface area contributed by atoms with Gasteiger partial charge in [0.1, 0.15) is 12.6 Å². The van der Waals surface area contributed by atoms with Crippen molar-refractivity contribution in [2.75, 3.05) is 26.1 Å². The van der Waals surface area contributed by atoms with Gasteiger partial charge >= 0.3 is 0 Å². The van der Waals surface area contributed by atoms with Crippen molar-refractivity contribution in [1.29, 1.82) is 0 Å². The molecule has 0 unspecified atom stereocenters. The number of methoxy groups -OCH3 is 2. The van der Waals surface area contributed by atoms with E-state index >= 15 is 0 Å². The Bertz CT molecular complexity index is 899. The van der Waals surface area contributed by atoms with Gasteiger partial charge in [0, 0.05) is 26.1 Å². The second-order valence-corrected chi connectivity index (χ2v) is 6.88. The smallest absolute Gasteiger partial charge is 0.256 e. The number of benzene rings is 2. The van der Waals surface area contributed by atoms with E-state index in [1.54, 1.807) is 24.1 Å². The van der Waals surface area contributed by atoms with Gasteiger partial charge in [-0.15, -0.1) is 0 Å². The van der Waals surface area contributed by atoms with Crippen molar-refractivity contribution < 1.29 is 23.8 Å². The molecule has 2 amide bonds. The normalized spacial score (nSPS) is 20.9. The molecule has 0 bridgehead atoms. The molecule has 1 saturated heterocycles. The lowest BCUT2D eigenvalue weighted by molar-refractivity contribution is -0.119. The molecule has 7 heteroatoms. The number of rotatable bonds is 5. The van der Waals surface area contributed by atoms with E-state index in [4.69, 9.17) is 14.2 Å². The number of nitrogens with one attached hydrogen (secondary N) is 1. The van der Waals surface area contributed by atoms with E-state index in [1.807, 2.05) is 30.3 Å². The number of carbonyl (C=O) groups is 2. The number of hydrogen-bond acceptors (Lipinski definition) is 5. The number of fused-ring (bicyclic) bond motifs is 2. The van der Waals surface area contributed by atoms with Crippen LogP contribution in [0.25, 0.3) is 0 Å². The Kier molecular flexibility index (Phi) is 4.92. The Labute approximate surface area is 163 Å². The summed E-state index contributed by atoms with van der Waals surface area (Å²) < 4.78 is 16.7. The molecule has 146 valence electrons. The van der Waals surface area contributed by atoms with E-state index in [2.05, 4.69) is 5.32 Å². The van der Waals surface area contributed by atoms with Gasteiger partial charge in [0.05, 0.1) is 24.5 Å². The highest BCUT2D eigenvalue weighted by Crippen LogP contribution is 2.38. The topological polar surface area (TPSA) is 77.1 Å². The maximum absolute atomic E-state index is 13.1. The first kappa shape index (κ1) is 18.3. The van der Waals surface area contributed by atoms with E-state index < -0.39 is 6.04 Å². The van der Waals surface area contributed by atoms with Crippen molar-refractivity contribution in [2.24, 2.45) is 0 Å². The van der Waals surface area contributed by atoms with E-state index in [0.29, 0.717) is 42.3 Å². The van der Waals surface area contributed by atoms with Crippen LogP contribution in [0.2, 0.25) is 0 Å². The molecular weight excluding hydrogens is 360 g/mol. The highest BCUT2D eigenvalue weighted by molar-refractivity contribution is 6.10. The van der Waals surface area contributed by atoms with Gasteiger partial charge in [0.25, 0.3) is 5.91 Å². The number of amides is 2. The van der Waals surface area contributed by atoms with Gasteiger partial charge in [-0.1, -0.05) is 30.3 Å². The number of hydrogen-bond donors (Lipinski definition) is 1. The summed E-state index contributed by atoms with van der Waals surface area (Å²) in [7, 11) is 3.11. The molecule has 7 nitrogen and oxygen atoms in total. The van der Waals surface area contributed by atoms with Crippen LogP contribution < -0.4 is 14.8 Å². The minimum absolute atomic E-state index is 0.142. The van der Waals surface area contributed by atoms with Crippen molar-refractivity contribution >= 4 is 17.5 Å². The first-order valence-corrected chi connectivity index (χ1v) is 9.14. The fourth-order valence-electron chi connectivity index (χ4n) is 3.66. The third-order valence-electron chi connectivity index (χ3n) is 5.19. The Balaban J connectivity index is 1.65. The molecule has 0 radical (unpaired) electrons. The SMILES string of the molecule is COc1cc2c(cc1OCc1ccccc1)NC(=O)[C@@H]1C[C@H](OC)CN1C2=O. The standard InChI is InChI=1S/C21H22N2O5/c1-26-14-8-17-20(24)22-16-10-19(28-12-13-6-4-3-5-7-13)18(27-2)9-15(16)21(25)23(17)11-14/h3-7,9-10,14,17H,8,11-12H2,1-2H3,(H,22,24)/t14-,17-/m0/s1. The fraction of sp³-hybridized carbons (Fsp3) is 0.333. The third-order valence-corrected chi connectivity index (χ3v) is 5.19. The molecule has 2 heterocycles. The summed E-state index contributed by atoms with van der Waals surface area (Å²) >= 11 is 0. The van der Waals surface area contributed by atoms with Crippen LogP contribution in [0.5, 0.6) is 11.5 Å². The van der Waals surface area contributed by atoms with Crippen LogP contribution >= 0.6 is 0 Å². The van der Waals surface area contributed by atoms with Gasteiger partial charge in [0.2, 0.25) is 5.91 Å². The maximum atomic E-state index is 13.1. The fourth-order valence-corrected chi connectivity index (χ4v) is 3.66. The Hall–Kier alpha value is -3.06. The molecule has 4 rings (SSSR count). The molecule has 2 atom stereocenters. The van der Waals surface area contributed by atoms with Gasteiger partial charge in [-0.05, 0) is 11.6 Å². The highest BCUT2D eigenvalue weighted by atomic mass is 16.5. The molecule has 2 aromatic carbocycles. The molecule has 1 fully saturated rings. The Morgan fingerprint density at radius 3 is 2.61 bits per heavy atom. The third kappa shape index (κ3) is 3.29. The molecule has 0 saturated carbocycles. The lowest BCUT2D eigenvalue weighted by Crippen LogP contribution is -2.40. The minimum atomic E-state index is -0.537. The number of nitrogens with zero attached hydrogens (tertiary/aromatic N) is 1. The molecule has 0 spiro atoms. The summed E-state index contributed by atoms with van der Waals surface area (Å²) in [6.07, 6.45) is 0.341. The molecule has 0 aromatic heterocycles. The van der Waals surface area contributed by atoms with Crippen molar-refractivity contribution in [3.05, 3.63) is 53.6 Å². The minimum Gasteiger partial charge on any atom is -0.493 e. The van der Waals surface area contributed by atoms with Crippen LogP contribution in [0.1, 0.15) is 22.3 Å². The van der Waals surface area contributed by atoms with E-state index in [1.165, 1.54) is 7.11 Å². The van der Waals surface area contributed by atoms with Crippen LogP contribution in [0.3, 0.4) is 0 Å². The number of carbonyl (C=O) groups excluding carboxylic acids is 2. The lowest BCUT2D eigenvalue weighted by atomic mass is 10.1. The van der Waals surface area contributed by atoms with Crippen molar-refractivity contribution in [1.82, 2.24) is 4.90 Å². The summed E-state index contributed by atoms with van der Waals surface area (Å²) in [4.78, 5) is 27.3. The molecule has 2 aliphatic heterocycles. The quantitative estimate of drug-likeness (QED) is 0.860. The van der Waals surface area contributed by atoms with Gasteiger partial charge < -0.3 is 24.4 Å². The monoisotopic (exact) mass is 382 g/mol. The van der Waals surface area contributed by atoms with Gasteiger partial charge in [-0.3, -0.25) is 9.59 Å². The first-order valence-electron chi connectivity index (χ1n) is 9.14. The van der Waals surface area contributed by atoms with Crippen LogP contribution in [0.4, 0.5) is 5.69 Å². The molecule has 2 aliphatic rings. The first-order chi connectivity index (χ1) is 13.6. The number of anilines is 1. The second-order valence-electron chi connectivity index (χ2n) is 6.88. The zero-order chi connectivity index (χ0) is 19.7. The van der Waals surface area contributed by atoms with Crippen molar-refractivity contribution in [3.8, 4) is 11.5 Å². The van der Waals surface area contributed by atoms with Crippen LogP contribution in [0, 0.1) is 0 Å². The van der Waals surface area contributed by atoms with E-state index in [-0.39, 0.29) is 17.9 Å². The molecular formula is C21H22N2O5. The number of ether oxygens (including phenoxy) is 3. The van der Waals surface area contributed by atoms with Crippen molar-refractivity contribution in [3.63, 3.8) is 0 Å². The van der Waals surface area contributed by atoms with Crippen LogP contribution in [0.15, 0.2) is 42.5 Å². The summed E-state index contributed by atoms with van der Waals surface area (Å²) in [5, 5.41) is 2.87. The lowest BCUT2D eigenvalue weighted by Gasteiger charge is -2.20.